The number of hydrogen-bond donors (Lipinski definition) is 3. The molecule has 6 heteroatoms. The summed E-state index contributed by atoms with van der Waals surface area (Å²) in [7, 11) is 0. The summed E-state index contributed by atoms with van der Waals surface area (Å²) in [5.41, 5.74) is 6.02. The van der Waals surface area contributed by atoms with Crippen LogP contribution >= 0.6 is 11.6 Å². The maximum atomic E-state index is 9.80. The third-order valence-electron chi connectivity index (χ3n) is 2.41. The Kier molecular flexibility index (Phi) is 3.20. The van der Waals surface area contributed by atoms with Crippen LogP contribution in [-0.4, -0.2) is 29.7 Å². The fraction of sp³-hybridized carbons (Fsp3) is 0.400. The number of fused-ring (bicyclic) bond motifs is 1. The first kappa shape index (κ1) is 11.5. The highest BCUT2D eigenvalue weighted by Crippen LogP contribution is 2.41. The second-order valence-corrected chi connectivity index (χ2v) is 3.93. The van der Waals surface area contributed by atoms with Crippen LogP contribution in [0.15, 0.2) is 12.1 Å². The van der Waals surface area contributed by atoms with E-state index in [1.165, 1.54) is 0 Å². The van der Waals surface area contributed by atoms with E-state index in [0.717, 1.165) is 0 Å². The molecule has 5 nitrogen and oxygen atoms in total. The molecule has 88 valence electrons. The van der Waals surface area contributed by atoms with Gasteiger partial charge < -0.3 is 25.4 Å². The summed E-state index contributed by atoms with van der Waals surface area (Å²) in [6, 6.07) is 2.40. The third-order valence-corrected chi connectivity index (χ3v) is 2.69. The van der Waals surface area contributed by atoms with Crippen LogP contribution in [0.1, 0.15) is 11.7 Å². The first-order valence-corrected chi connectivity index (χ1v) is 5.15. The lowest BCUT2D eigenvalue weighted by atomic mass is 10.0. The minimum absolute atomic E-state index is 0.112. The first-order valence-electron chi connectivity index (χ1n) is 4.77. The molecule has 16 heavy (non-hydrogen) atoms. The van der Waals surface area contributed by atoms with Crippen LogP contribution in [-0.2, 0) is 0 Å². The average molecular weight is 246 g/mol. The highest BCUT2D eigenvalue weighted by Gasteiger charge is 2.23. The maximum absolute atomic E-state index is 9.80. The number of aliphatic hydroxyl groups is 2. The highest BCUT2D eigenvalue weighted by atomic mass is 35.5. The van der Waals surface area contributed by atoms with Crippen LogP contribution in [0.4, 0.5) is 0 Å². The van der Waals surface area contributed by atoms with E-state index < -0.39 is 12.1 Å². The molecule has 1 aliphatic rings. The zero-order chi connectivity index (χ0) is 11.7. The SMILES string of the molecule is NC(CO)C(O)c1cc(Cl)c2c(c1)OCO2. The van der Waals surface area contributed by atoms with E-state index >= 15 is 0 Å². The molecule has 1 aromatic rings. The molecule has 0 saturated carbocycles. The first-order chi connectivity index (χ1) is 7.63. The molecule has 0 radical (unpaired) electrons. The Morgan fingerprint density at radius 1 is 1.44 bits per heavy atom. The minimum Gasteiger partial charge on any atom is -0.454 e. The molecule has 0 amide bonds. The summed E-state index contributed by atoms with van der Waals surface area (Å²) in [6.45, 7) is -0.201. The molecule has 0 aromatic heterocycles. The summed E-state index contributed by atoms with van der Waals surface area (Å²) >= 11 is 5.95. The van der Waals surface area contributed by atoms with Crippen LogP contribution in [0.25, 0.3) is 0 Å². The molecule has 2 rings (SSSR count). The van der Waals surface area contributed by atoms with E-state index in [4.69, 9.17) is 31.9 Å². The fourth-order valence-electron chi connectivity index (χ4n) is 1.51. The Bertz CT molecular complexity index is 399. The Morgan fingerprint density at radius 3 is 2.88 bits per heavy atom. The molecule has 2 unspecified atom stereocenters. The second-order valence-electron chi connectivity index (χ2n) is 3.53. The fourth-order valence-corrected chi connectivity index (χ4v) is 1.78. The number of halogens is 1. The van der Waals surface area contributed by atoms with Crippen molar-refractivity contribution in [2.24, 2.45) is 5.73 Å². The molecular formula is C10H12ClNO4. The van der Waals surface area contributed by atoms with Gasteiger partial charge in [0.05, 0.1) is 23.8 Å². The Labute approximate surface area is 97.3 Å². The van der Waals surface area contributed by atoms with Crippen molar-refractivity contribution in [2.75, 3.05) is 13.4 Å². The van der Waals surface area contributed by atoms with Gasteiger partial charge in [-0.15, -0.1) is 0 Å². The van der Waals surface area contributed by atoms with Gasteiger partial charge in [-0.2, -0.15) is 0 Å². The highest BCUT2D eigenvalue weighted by molar-refractivity contribution is 6.32. The van der Waals surface area contributed by atoms with Crippen molar-refractivity contribution in [2.45, 2.75) is 12.1 Å². The van der Waals surface area contributed by atoms with Crippen molar-refractivity contribution in [1.82, 2.24) is 0 Å². The number of benzene rings is 1. The number of aliphatic hydroxyl groups excluding tert-OH is 2. The summed E-state index contributed by atoms with van der Waals surface area (Å²) in [5.74, 6) is 0.946. The average Bonchev–Trinajstić information content (AvgIpc) is 2.75. The lowest BCUT2D eigenvalue weighted by Gasteiger charge is -2.17. The zero-order valence-electron chi connectivity index (χ0n) is 8.39. The summed E-state index contributed by atoms with van der Waals surface area (Å²) in [5, 5.41) is 19.0. The van der Waals surface area contributed by atoms with Crippen LogP contribution in [0, 0.1) is 0 Å². The van der Waals surface area contributed by atoms with Crippen molar-refractivity contribution >= 4 is 11.6 Å². The second kappa shape index (κ2) is 4.47. The monoisotopic (exact) mass is 245 g/mol. The summed E-state index contributed by atoms with van der Waals surface area (Å²) in [4.78, 5) is 0. The van der Waals surface area contributed by atoms with E-state index in [1.54, 1.807) is 12.1 Å². The third kappa shape index (κ3) is 1.94. The van der Waals surface area contributed by atoms with Crippen molar-refractivity contribution in [3.63, 3.8) is 0 Å². The number of ether oxygens (including phenoxy) is 2. The van der Waals surface area contributed by atoms with E-state index in [2.05, 4.69) is 0 Å². The van der Waals surface area contributed by atoms with Crippen molar-refractivity contribution in [1.29, 1.82) is 0 Å². The molecule has 4 N–H and O–H groups in total. The van der Waals surface area contributed by atoms with E-state index in [-0.39, 0.29) is 13.4 Å². The van der Waals surface area contributed by atoms with Crippen molar-refractivity contribution in [3.05, 3.63) is 22.7 Å². The van der Waals surface area contributed by atoms with Gasteiger partial charge in [0.25, 0.3) is 0 Å². The van der Waals surface area contributed by atoms with Crippen LogP contribution < -0.4 is 15.2 Å². The van der Waals surface area contributed by atoms with Crippen LogP contribution in [0.3, 0.4) is 0 Å². The number of hydrogen-bond acceptors (Lipinski definition) is 5. The zero-order valence-corrected chi connectivity index (χ0v) is 9.15. The van der Waals surface area contributed by atoms with Gasteiger partial charge >= 0.3 is 0 Å². The number of rotatable bonds is 3. The maximum Gasteiger partial charge on any atom is 0.231 e. The molecule has 0 aliphatic carbocycles. The predicted molar refractivity (Wildman–Crippen MR) is 57.6 cm³/mol. The smallest absolute Gasteiger partial charge is 0.231 e. The molecule has 0 fully saturated rings. The lowest BCUT2D eigenvalue weighted by Crippen LogP contribution is -2.31. The lowest BCUT2D eigenvalue weighted by molar-refractivity contribution is 0.109. The molecule has 1 aromatic carbocycles. The van der Waals surface area contributed by atoms with Crippen molar-refractivity contribution < 1.29 is 19.7 Å². The Morgan fingerprint density at radius 2 is 2.19 bits per heavy atom. The van der Waals surface area contributed by atoms with Gasteiger partial charge in [0.1, 0.15) is 0 Å². The Balaban J connectivity index is 2.33. The molecule has 2 atom stereocenters. The van der Waals surface area contributed by atoms with Gasteiger partial charge in [0.2, 0.25) is 6.79 Å². The van der Waals surface area contributed by atoms with Crippen LogP contribution in [0.2, 0.25) is 5.02 Å². The van der Waals surface area contributed by atoms with Gasteiger partial charge in [-0.3, -0.25) is 0 Å². The largest absolute Gasteiger partial charge is 0.454 e. The molecule has 1 aliphatic heterocycles. The van der Waals surface area contributed by atoms with Gasteiger partial charge in [-0.05, 0) is 17.7 Å². The van der Waals surface area contributed by atoms with Gasteiger partial charge in [-0.25, -0.2) is 0 Å². The summed E-state index contributed by atoms with van der Waals surface area (Å²) < 4.78 is 10.3. The topological polar surface area (TPSA) is 84.9 Å². The molecule has 0 saturated heterocycles. The van der Waals surface area contributed by atoms with Gasteiger partial charge in [0, 0.05) is 0 Å². The normalized spacial score (nSPS) is 17.2. The molecule has 1 heterocycles. The minimum atomic E-state index is -0.989. The Hall–Kier alpha value is -1.01. The predicted octanol–water partition coefficient (Wildman–Crippen LogP) is 0.422. The van der Waals surface area contributed by atoms with Crippen LogP contribution in [0.5, 0.6) is 11.5 Å². The summed E-state index contributed by atoms with van der Waals surface area (Å²) in [6.07, 6.45) is -0.989. The molecular weight excluding hydrogens is 234 g/mol. The van der Waals surface area contributed by atoms with E-state index in [9.17, 15) is 5.11 Å². The standard InChI is InChI=1S/C10H12ClNO4/c11-6-1-5(9(14)7(12)3-13)2-8-10(6)16-4-15-8/h1-2,7,9,13-14H,3-4,12H2. The van der Waals surface area contributed by atoms with E-state index in [1.807, 2.05) is 0 Å². The molecule has 0 spiro atoms. The van der Waals surface area contributed by atoms with Crippen molar-refractivity contribution in [3.8, 4) is 11.5 Å². The number of nitrogens with two attached hydrogens (primary N) is 1. The van der Waals surface area contributed by atoms with Gasteiger partial charge in [0.15, 0.2) is 11.5 Å². The molecule has 0 bridgehead atoms. The van der Waals surface area contributed by atoms with E-state index in [0.29, 0.717) is 22.1 Å². The van der Waals surface area contributed by atoms with Gasteiger partial charge in [-0.1, -0.05) is 11.6 Å². The quantitative estimate of drug-likeness (QED) is 0.719.